The summed E-state index contributed by atoms with van der Waals surface area (Å²) in [7, 11) is 1.95. The Kier molecular flexibility index (Phi) is 6.52. The monoisotopic (exact) mass is 259 g/mol. The van der Waals surface area contributed by atoms with E-state index < -0.39 is 0 Å². The van der Waals surface area contributed by atoms with Crippen LogP contribution < -0.4 is 5.32 Å². The summed E-state index contributed by atoms with van der Waals surface area (Å²) in [5.41, 5.74) is 0. The summed E-state index contributed by atoms with van der Waals surface area (Å²) in [6.07, 6.45) is 3.16. The molecule has 0 aromatic heterocycles. The van der Waals surface area contributed by atoms with E-state index >= 15 is 0 Å². The molecule has 0 amide bonds. The second-order valence-electron chi connectivity index (χ2n) is 3.96. The molecule has 0 heterocycles. The Labute approximate surface area is 106 Å². The third kappa shape index (κ3) is 5.04. The molecule has 96 valence electrons. The van der Waals surface area contributed by atoms with Crippen molar-refractivity contribution in [3.8, 4) is 0 Å². The highest BCUT2D eigenvalue weighted by Crippen LogP contribution is 2.23. The maximum Gasteiger partial charge on any atom is 0.136 e. The molecular weight excluding hydrogens is 240 g/mol. The number of halogens is 2. The normalized spacial score (nSPS) is 12.7. The molecule has 0 fully saturated rings. The number of hydrogen-bond donors (Lipinski definition) is 1. The quantitative estimate of drug-likeness (QED) is 0.590. The zero-order valence-electron chi connectivity index (χ0n) is 10.3. The van der Waals surface area contributed by atoms with Gasteiger partial charge in [0, 0.05) is 10.9 Å². The maximum absolute atomic E-state index is 13.3. The fourth-order valence-electron chi connectivity index (χ4n) is 1.65. The molecule has 0 aliphatic heterocycles. The first-order valence-electron chi connectivity index (χ1n) is 5.92. The third-order valence-electron chi connectivity index (χ3n) is 2.75. The van der Waals surface area contributed by atoms with E-state index in [4.69, 9.17) is 0 Å². The zero-order chi connectivity index (χ0) is 12.7. The van der Waals surface area contributed by atoms with Gasteiger partial charge in [0.25, 0.3) is 0 Å². The van der Waals surface area contributed by atoms with Gasteiger partial charge in [-0.05, 0) is 50.3 Å². The SMILES string of the molecule is CCC(CCCSc1cc(F)ccc1F)NC. The van der Waals surface area contributed by atoms with Crippen LogP contribution in [0.4, 0.5) is 8.78 Å². The minimum absolute atomic E-state index is 0.336. The molecule has 1 aromatic rings. The van der Waals surface area contributed by atoms with E-state index in [1.807, 2.05) is 7.05 Å². The third-order valence-corrected chi connectivity index (χ3v) is 3.87. The molecule has 1 unspecified atom stereocenters. The summed E-state index contributed by atoms with van der Waals surface area (Å²) in [5.74, 6) is 0.103. The van der Waals surface area contributed by atoms with Gasteiger partial charge in [-0.15, -0.1) is 11.8 Å². The molecule has 17 heavy (non-hydrogen) atoms. The van der Waals surface area contributed by atoms with Gasteiger partial charge in [0.1, 0.15) is 11.6 Å². The Hall–Kier alpha value is -0.610. The number of thioether (sulfide) groups is 1. The van der Waals surface area contributed by atoms with Crippen LogP contribution in [0.25, 0.3) is 0 Å². The topological polar surface area (TPSA) is 12.0 Å². The Morgan fingerprint density at radius 1 is 1.35 bits per heavy atom. The van der Waals surface area contributed by atoms with Crippen molar-refractivity contribution < 1.29 is 8.78 Å². The first-order valence-corrected chi connectivity index (χ1v) is 6.91. The van der Waals surface area contributed by atoms with Gasteiger partial charge >= 0.3 is 0 Å². The molecule has 0 aliphatic rings. The number of nitrogens with one attached hydrogen (secondary N) is 1. The van der Waals surface area contributed by atoms with Crippen LogP contribution in [0.2, 0.25) is 0 Å². The number of rotatable bonds is 7. The minimum atomic E-state index is -0.379. The van der Waals surface area contributed by atoms with Gasteiger partial charge in [-0.3, -0.25) is 0 Å². The first kappa shape index (κ1) is 14.5. The van der Waals surface area contributed by atoms with Gasteiger partial charge in [-0.25, -0.2) is 8.78 Å². The van der Waals surface area contributed by atoms with E-state index in [1.165, 1.54) is 23.9 Å². The Balaban J connectivity index is 2.33. The highest BCUT2D eigenvalue weighted by Gasteiger charge is 2.06. The van der Waals surface area contributed by atoms with Crippen LogP contribution in [0.3, 0.4) is 0 Å². The van der Waals surface area contributed by atoms with Crippen LogP contribution in [-0.2, 0) is 0 Å². The second-order valence-corrected chi connectivity index (χ2v) is 5.10. The predicted molar refractivity (Wildman–Crippen MR) is 69.5 cm³/mol. The van der Waals surface area contributed by atoms with Gasteiger partial charge < -0.3 is 5.32 Å². The van der Waals surface area contributed by atoms with E-state index in [9.17, 15) is 8.78 Å². The molecule has 0 aliphatic carbocycles. The van der Waals surface area contributed by atoms with Gasteiger partial charge in [0.15, 0.2) is 0 Å². The second kappa shape index (κ2) is 7.67. The van der Waals surface area contributed by atoms with Gasteiger partial charge in [-0.1, -0.05) is 6.92 Å². The molecule has 0 saturated carbocycles. The van der Waals surface area contributed by atoms with Crippen molar-refractivity contribution in [1.29, 1.82) is 0 Å². The summed E-state index contributed by atoms with van der Waals surface area (Å²) in [5, 5.41) is 3.23. The average Bonchev–Trinajstić information content (AvgIpc) is 2.33. The minimum Gasteiger partial charge on any atom is -0.317 e. The molecule has 1 nitrogen and oxygen atoms in total. The first-order chi connectivity index (χ1) is 8.17. The zero-order valence-corrected chi connectivity index (χ0v) is 11.1. The van der Waals surface area contributed by atoms with Crippen LogP contribution in [-0.4, -0.2) is 18.8 Å². The summed E-state index contributed by atoms with van der Waals surface area (Å²) >= 11 is 1.38. The highest BCUT2D eigenvalue weighted by atomic mass is 32.2. The molecule has 1 atom stereocenters. The van der Waals surface area contributed by atoms with Crippen LogP contribution in [0.5, 0.6) is 0 Å². The van der Waals surface area contributed by atoms with E-state index in [0.29, 0.717) is 10.9 Å². The van der Waals surface area contributed by atoms with Crippen molar-refractivity contribution in [3.63, 3.8) is 0 Å². The fourth-order valence-corrected chi connectivity index (χ4v) is 2.59. The fraction of sp³-hybridized carbons (Fsp3) is 0.538. The van der Waals surface area contributed by atoms with E-state index in [0.717, 1.165) is 31.1 Å². The molecule has 0 spiro atoms. The average molecular weight is 259 g/mol. The van der Waals surface area contributed by atoms with Crippen molar-refractivity contribution in [1.82, 2.24) is 5.32 Å². The van der Waals surface area contributed by atoms with E-state index in [-0.39, 0.29) is 11.6 Å². The van der Waals surface area contributed by atoms with Crippen molar-refractivity contribution in [2.45, 2.75) is 37.1 Å². The summed E-state index contributed by atoms with van der Waals surface area (Å²) in [6.45, 7) is 2.14. The van der Waals surface area contributed by atoms with E-state index in [2.05, 4.69) is 12.2 Å². The van der Waals surface area contributed by atoms with Gasteiger partial charge in [-0.2, -0.15) is 0 Å². The van der Waals surface area contributed by atoms with Crippen molar-refractivity contribution in [2.75, 3.05) is 12.8 Å². The van der Waals surface area contributed by atoms with Crippen molar-refractivity contribution in [2.24, 2.45) is 0 Å². The van der Waals surface area contributed by atoms with Crippen LogP contribution in [0.15, 0.2) is 23.1 Å². The molecular formula is C13H19F2NS. The van der Waals surface area contributed by atoms with Gasteiger partial charge in [0.2, 0.25) is 0 Å². The molecule has 0 bridgehead atoms. The van der Waals surface area contributed by atoms with Crippen molar-refractivity contribution in [3.05, 3.63) is 29.8 Å². The lowest BCUT2D eigenvalue weighted by atomic mass is 10.1. The molecule has 1 aromatic carbocycles. The largest absolute Gasteiger partial charge is 0.317 e. The number of hydrogen-bond acceptors (Lipinski definition) is 2. The highest BCUT2D eigenvalue weighted by molar-refractivity contribution is 7.99. The van der Waals surface area contributed by atoms with Crippen LogP contribution in [0, 0.1) is 11.6 Å². The molecule has 1 N–H and O–H groups in total. The summed E-state index contributed by atoms with van der Waals surface area (Å²) < 4.78 is 26.2. The van der Waals surface area contributed by atoms with Crippen LogP contribution >= 0.6 is 11.8 Å². The molecule has 1 rings (SSSR count). The standard InChI is InChI=1S/C13H19F2NS/c1-3-11(16-2)5-4-8-17-13-9-10(14)6-7-12(13)15/h6-7,9,11,16H,3-5,8H2,1-2H3. The predicted octanol–water partition coefficient (Wildman–Crippen LogP) is 3.84. The van der Waals surface area contributed by atoms with Crippen molar-refractivity contribution >= 4 is 11.8 Å². The molecule has 0 radical (unpaired) electrons. The lowest BCUT2D eigenvalue weighted by Crippen LogP contribution is -2.23. The van der Waals surface area contributed by atoms with Crippen LogP contribution in [0.1, 0.15) is 26.2 Å². The molecule has 0 saturated heterocycles. The Morgan fingerprint density at radius 2 is 2.12 bits per heavy atom. The molecule has 4 heteroatoms. The summed E-state index contributed by atoms with van der Waals surface area (Å²) in [6, 6.07) is 4.11. The summed E-state index contributed by atoms with van der Waals surface area (Å²) in [4.78, 5) is 0.405. The lowest BCUT2D eigenvalue weighted by molar-refractivity contribution is 0.504. The maximum atomic E-state index is 13.3. The van der Waals surface area contributed by atoms with E-state index in [1.54, 1.807) is 0 Å². The Bertz CT molecular complexity index is 340. The van der Waals surface area contributed by atoms with Gasteiger partial charge in [0.05, 0.1) is 0 Å². The smallest absolute Gasteiger partial charge is 0.136 e. The Morgan fingerprint density at radius 3 is 2.76 bits per heavy atom. The number of benzene rings is 1. The lowest BCUT2D eigenvalue weighted by Gasteiger charge is -2.12.